The predicted molar refractivity (Wildman–Crippen MR) is 129 cm³/mol. The third-order valence-corrected chi connectivity index (χ3v) is 7.54. The highest BCUT2D eigenvalue weighted by atomic mass is 32.1. The van der Waals surface area contributed by atoms with Crippen LogP contribution in [0.5, 0.6) is 0 Å². The zero-order valence-electron chi connectivity index (χ0n) is 15.9. The molecule has 0 heterocycles. The molecule has 2 atom stereocenters. The van der Waals surface area contributed by atoms with Crippen LogP contribution in [0.2, 0.25) is 0 Å². The number of hydrogen-bond acceptors (Lipinski definition) is 2. The lowest BCUT2D eigenvalue weighted by atomic mass is 9.68. The topological polar surface area (TPSA) is 0 Å². The summed E-state index contributed by atoms with van der Waals surface area (Å²) in [6, 6.07) is 38.7. The molecule has 1 aliphatic rings. The molecule has 4 aromatic carbocycles. The zero-order valence-corrected chi connectivity index (χ0v) is 17.7. The van der Waals surface area contributed by atoms with E-state index in [0.717, 1.165) is 0 Å². The summed E-state index contributed by atoms with van der Waals surface area (Å²) in [5.41, 5.74) is 7.20. The lowest BCUT2D eigenvalue weighted by molar-refractivity contribution is 0.503. The zero-order chi connectivity index (χ0) is 19.8. The Morgan fingerprint density at radius 3 is 1.21 bits per heavy atom. The average Bonchev–Trinajstić information content (AvgIpc) is 3.11. The van der Waals surface area contributed by atoms with Crippen LogP contribution in [0, 0.1) is 0 Å². The molecule has 0 amide bonds. The number of hydrogen-bond donors (Lipinski definition) is 2. The second-order valence-corrected chi connectivity index (χ2v) is 8.62. The predicted octanol–water partition coefficient (Wildman–Crippen LogP) is 7.30. The third-order valence-electron chi connectivity index (χ3n) is 6.13. The Bertz CT molecular complexity index is 1040. The van der Waals surface area contributed by atoms with Gasteiger partial charge in [-0.25, -0.2) is 0 Å². The lowest BCUT2D eigenvalue weighted by Crippen LogP contribution is -2.35. The second-order valence-electron chi connectivity index (χ2n) is 7.59. The first kappa shape index (κ1) is 18.6. The molecule has 1 aliphatic carbocycles. The van der Waals surface area contributed by atoms with E-state index in [4.69, 9.17) is 25.3 Å². The van der Waals surface area contributed by atoms with E-state index in [-0.39, 0.29) is 15.9 Å². The maximum Gasteiger partial charge on any atom is 0.0528 e. The molecule has 0 nitrogen and oxygen atoms in total. The van der Waals surface area contributed by atoms with Crippen molar-refractivity contribution in [2.24, 2.45) is 0 Å². The van der Waals surface area contributed by atoms with Crippen LogP contribution in [0.1, 0.15) is 32.8 Å². The Balaban J connectivity index is 1.85. The van der Waals surface area contributed by atoms with Crippen LogP contribution in [-0.2, 0) is 5.41 Å². The van der Waals surface area contributed by atoms with Crippen molar-refractivity contribution < 1.29 is 0 Å². The fourth-order valence-electron chi connectivity index (χ4n) is 4.84. The smallest absolute Gasteiger partial charge is 0.0528 e. The van der Waals surface area contributed by atoms with E-state index < -0.39 is 0 Å². The summed E-state index contributed by atoms with van der Waals surface area (Å²) in [5, 5.41) is -0.0904. The minimum absolute atomic E-state index is 0.0452. The van der Waals surface area contributed by atoms with Crippen LogP contribution in [0.3, 0.4) is 0 Å². The van der Waals surface area contributed by atoms with Gasteiger partial charge >= 0.3 is 0 Å². The Morgan fingerprint density at radius 2 is 0.793 bits per heavy atom. The summed E-state index contributed by atoms with van der Waals surface area (Å²) in [6.07, 6.45) is 0. The Morgan fingerprint density at radius 1 is 0.448 bits per heavy atom. The van der Waals surface area contributed by atoms with E-state index >= 15 is 0 Å². The van der Waals surface area contributed by atoms with Crippen molar-refractivity contribution in [2.45, 2.75) is 15.9 Å². The fraction of sp³-hybridized carbons (Fsp3) is 0.111. The summed E-state index contributed by atoms with van der Waals surface area (Å²) in [5.74, 6) is 0. The van der Waals surface area contributed by atoms with Crippen molar-refractivity contribution in [3.05, 3.63) is 131 Å². The maximum absolute atomic E-state index is 5.29. The fourth-order valence-corrected chi connectivity index (χ4v) is 6.15. The van der Waals surface area contributed by atoms with E-state index in [1.807, 2.05) is 0 Å². The van der Waals surface area contributed by atoms with Crippen molar-refractivity contribution >= 4 is 25.3 Å². The van der Waals surface area contributed by atoms with Gasteiger partial charge in [-0.2, -0.15) is 25.3 Å². The first-order valence-electron chi connectivity index (χ1n) is 9.90. The molecule has 4 aromatic rings. The van der Waals surface area contributed by atoms with Crippen molar-refractivity contribution in [1.29, 1.82) is 0 Å². The summed E-state index contributed by atoms with van der Waals surface area (Å²) in [7, 11) is 0. The molecule has 142 valence electrons. The summed E-state index contributed by atoms with van der Waals surface area (Å²) < 4.78 is 0. The van der Waals surface area contributed by atoms with Gasteiger partial charge in [-0.3, -0.25) is 0 Å². The van der Waals surface area contributed by atoms with Gasteiger partial charge in [0, 0.05) is 10.5 Å². The van der Waals surface area contributed by atoms with E-state index in [1.165, 1.54) is 33.4 Å². The van der Waals surface area contributed by atoms with Crippen LogP contribution in [0.15, 0.2) is 109 Å². The van der Waals surface area contributed by atoms with Gasteiger partial charge in [0.05, 0.1) is 5.41 Å². The number of fused-ring (bicyclic) bond motifs is 3. The highest BCUT2D eigenvalue weighted by Gasteiger charge is 2.52. The lowest BCUT2D eigenvalue weighted by Gasteiger charge is -2.42. The van der Waals surface area contributed by atoms with Gasteiger partial charge in [-0.15, -0.1) is 0 Å². The van der Waals surface area contributed by atoms with Crippen molar-refractivity contribution in [3.8, 4) is 11.1 Å². The summed E-state index contributed by atoms with van der Waals surface area (Å²) in [6.45, 7) is 0. The van der Waals surface area contributed by atoms with Crippen LogP contribution in [0.4, 0.5) is 0 Å². The molecule has 0 saturated heterocycles. The molecule has 0 aromatic heterocycles. The molecule has 0 bridgehead atoms. The van der Waals surface area contributed by atoms with Gasteiger partial charge in [0.15, 0.2) is 0 Å². The molecule has 0 aliphatic heterocycles. The normalized spacial score (nSPS) is 15.9. The van der Waals surface area contributed by atoms with Gasteiger partial charge in [0.1, 0.15) is 0 Å². The Kier molecular flexibility index (Phi) is 4.77. The number of benzene rings is 4. The molecule has 5 rings (SSSR count). The molecule has 2 unspecified atom stereocenters. The monoisotopic (exact) mass is 410 g/mol. The van der Waals surface area contributed by atoms with E-state index in [0.29, 0.717) is 0 Å². The van der Waals surface area contributed by atoms with Gasteiger partial charge in [0.25, 0.3) is 0 Å². The molecule has 29 heavy (non-hydrogen) atoms. The van der Waals surface area contributed by atoms with Gasteiger partial charge in [0.2, 0.25) is 0 Å². The molecule has 0 saturated carbocycles. The SMILES string of the molecule is SC(c1ccccc1)C1(C(S)c2ccccc2)c2ccccc2-c2ccccc21. The molecular formula is C27H22S2. The number of rotatable bonds is 4. The standard InChI is InChI=1S/C27H22S2/c28-25(19-11-3-1-4-12-19)27(26(29)20-13-5-2-6-14-20)23-17-9-7-15-21(23)22-16-8-10-18-24(22)27/h1-18,25-26,28-29H. The summed E-state index contributed by atoms with van der Waals surface area (Å²) >= 11 is 10.6. The number of thiol groups is 2. The van der Waals surface area contributed by atoms with E-state index in [1.54, 1.807) is 0 Å². The molecule has 0 spiro atoms. The minimum Gasteiger partial charge on any atom is -0.170 e. The molecule has 0 radical (unpaired) electrons. The molecular weight excluding hydrogens is 388 g/mol. The maximum atomic E-state index is 5.29. The van der Waals surface area contributed by atoms with Crippen LogP contribution in [0.25, 0.3) is 11.1 Å². The minimum atomic E-state index is -0.387. The third kappa shape index (κ3) is 2.78. The first-order valence-corrected chi connectivity index (χ1v) is 10.9. The van der Waals surface area contributed by atoms with E-state index in [2.05, 4.69) is 109 Å². The Hall–Kier alpha value is -2.42. The van der Waals surface area contributed by atoms with Crippen LogP contribution in [-0.4, -0.2) is 0 Å². The first-order chi connectivity index (χ1) is 14.2. The van der Waals surface area contributed by atoms with Crippen molar-refractivity contribution in [3.63, 3.8) is 0 Å². The highest BCUT2D eigenvalue weighted by molar-refractivity contribution is 7.81. The summed E-state index contributed by atoms with van der Waals surface area (Å²) in [4.78, 5) is 0. The molecule has 0 N–H and O–H groups in total. The largest absolute Gasteiger partial charge is 0.170 e. The van der Waals surface area contributed by atoms with Crippen LogP contribution < -0.4 is 0 Å². The van der Waals surface area contributed by atoms with Crippen LogP contribution >= 0.6 is 25.3 Å². The second kappa shape index (κ2) is 7.44. The average molecular weight is 411 g/mol. The van der Waals surface area contributed by atoms with Crippen molar-refractivity contribution in [1.82, 2.24) is 0 Å². The van der Waals surface area contributed by atoms with Gasteiger partial charge < -0.3 is 0 Å². The van der Waals surface area contributed by atoms with E-state index in [9.17, 15) is 0 Å². The molecule has 2 heteroatoms. The molecule has 0 fully saturated rings. The van der Waals surface area contributed by atoms with Gasteiger partial charge in [-0.1, -0.05) is 109 Å². The Labute approximate surface area is 183 Å². The van der Waals surface area contributed by atoms with Gasteiger partial charge in [-0.05, 0) is 33.4 Å². The highest BCUT2D eigenvalue weighted by Crippen LogP contribution is 2.63. The van der Waals surface area contributed by atoms with Crippen molar-refractivity contribution in [2.75, 3.05) is 0 Å². The quantitative estimate of drug-likeness (QED) is 0.324.